The van der Waals surface area contributed by atoms with Crippen molar-refractivity contribution in [2.24, 2.45) is 0 Å². The fourth-order valence-corrected chi connectivity index (χ4v) is 2.49. The van der Waals surface area contributed by atoms with Gasteiger partial charge in [0.25, 0.3) is 0 Å². The maximum Gasteiger partial charge on any atom is 0.0592 e. The Morgan fingerprint density at radius 2 is 2.25 bits per heavy atom. The molecule has 0 bridgehead atoms. The van der Waals surface area contributed by atoms with Crippen molar-refractivity contribution in [3.8, 4) is 0 Å². The Hall–Kier alpha value is -0.510. The van der Waals surface area contributed by atoms with E-state index in [9.17, 15) is 5.11 Å². The number of hydrogen-bond acceptors (Lipinski definition) is 3. The Balaban J connectivity index is 2.37. The first-order valence-corrected chi connectivity index (χ1v) is 6.78. The number of hydrogen-bond donors (Lipinski definition) is 2. The molecule has 1 aromatic carbocycles. The molecule has 0 aliphatic rings. The van der Waals surface area contributed by atoms with Gasteiger partial charge in [0.05, 0.1) is 6.61 Å². The largest absolute Gasteiger partial charge is 0.395 e. The summed E-state index contributed by atoms with van der Waals surface area (Å²) >= 11 is 1.80. The number of aliphatic hydroxyl groups excluding tert-OH is 1. The third-order valence-electron chi connectivity index (χ3n) is 2.34. The zero-order chi connectivity index (χ0) is 11.8. The van der Waals surface area contributed by atoms with E-state index in [1.807, 2.05) is 0 Å². The summed E-state index contributed by atoms with van der Waals surface area (Å²) in [6.07, 6.45) is 1.10. The minimum Gasteiger partial charge on any atom is -0.395 e. The van der Waals surface area contributed by atoms with Crippen molar-refractivity contribution in [3.63, 3.8) is 0 Å². The summed E-state index contributed by atoms with van der Waals surface area (Å²) in [5, 5.41) is 12.5. The smallest absolute Gasteiger partial charge is 0.0592 e. The molecule has 0 spiro atoms. The summed E-state index contributed by atoms with van der Waals surface area (Å²) in [7, 11) is 0. The molecule has 1 unspecified atom stereocenters. The predicted molar refractivity (Wildman–Crippen MR) is 71.1 cm³/mol. The number of benzene rings is 1. The summed E-state index contributed by atoms with van der Waals surface area (Å²) < 4.78 is 0. The van der Waals surface area contributed by atoms with Crippen molar-refractivity contribution in [3.05, 3.63) is 29.8 Å². The van der Waals surface area contributed by atoms with Gasteiger partial charge in [0.2, 0.25) is 0 Å². The normalized spacial score (nSPS) is 12.7. The summed E-state index contributed by atoms with van der Waals surface area (Å²) in [6.45, 7) is 5.41. The van der Waals surface area contributed by atoms with Crippen LogP contribution < -0.4 is 5.32 Å². The molecule has 0 aromatic heterocycles. The first-order valence-electron chi connectivity index (χ1n) is 5.80. The molecule has 16 heavy (non-hydrogen) atoms. The molecule has 90 valence electrons. The molecule has 0 fully saturated rings. The van der Waals surface area contributed by atoms with Gasteiger partial charge >= 0.3 is 0 Å². The lowest BCUT2D eigenvalue weighted by Gasteiger charge is -2.15. The van der Waals surface area contributed by atoms with Crippen LogP contribution in [0.2, 0.25) is 0 Å². The molecular weight excluding hydrogens is 218 g/mol. The fraction of sp³-hybridized carbons (Fsp3) is 0.538. The average Bonchev–Trinajstić information content (AvgIpc) is 2.29. The van der Waals surface area contributed by atoms with Crippen LogP contribution in [0.4, 0.5) is 0 Å². The van der Waals surface area contributed by atoms with Gasteiger partial charge in [0, 0.05) is 16.7 Å². The van der Waals surface area contributed by atoms with Crippen LogP contribution in [0.1, 0.15) is 18.9 Å². The Bertz CT molecular complexity index is 304. The maximum atomic E-state index is 9.21. The molecule has 0 amide bonds. The highest BCUT2D eigenvalue weighted by Crippen LogP contribution is 2.19. The van der Waals surface area contributed by atoms with E-state index in [0.717, 1.165) is 18.7 Å². The van der Waals surface area contributed by atoms with E-state index in [1.54, 1.807) is 11.8 Å². The van der Waals surface area contributed by atoms with Gasteiger partial charge in [-0.25, -0.2) is 0 Å². The molecular formula is C13H21NOS. The molecule has 2 nitrogen and oxygen atoms in total. The van der Waals surface area contributed by atoms with E-state index in [0.29, 0.717) is 0 Å². The Morgan fingerprint density at radius 3 is 2.88 bits per heavy atom. The van der Waals surface area contributed by atoms with Crippen molar-refractivity contribution < 1.29 is 5.11 Å². The molecule has 1 aromatic rings. The summed E-state index contributed by atoms with van der Waals surface area (Å²) in [5.41, 5.74) is 1.28. The van der Waals surface area contributed by atoms with Crippen LogP contribution in [0.15, 0.2) is 29.2 Å². The zero-order valence-electron chi connectivity index (χ0n) is 10.1. The second kappa shape index (κ2) is 7.71. The molecule has 0 saturated heterocycles. The van der Waals surface area contributed by atoms with Crippen LogP contribution in [0.5, 0.6) is 0 Å². The Morgan fingerprint density at radius 1 is 1.44 bits per heavy atom. The third kappa shape index (κ3) is 5.01. The van der Waals surface area contributed by atoms with Gasteiger partial charge in [0.15, 0.2) is 0 Å². The first-order chi connectivity index (χ1) is 7.76. The van der Waals surface area contributed by atoms with Crippen LogP contribution in [0.3, 0.4) is 0 Å². The standard InChI is InChI=1S/C13H21NOS/c1-3-7-14-12(9-15)10-16-13-6-4-5-11(2)8-13/h4-6,8,12,14-15H,3,7,9-10H2,1-2H3. The number of thioether (sulfide) groups is 1. The molecule has 1 rings (SSSR count). The third-order valence-corrected chi connectivity index (χ3v) is 3.50. The van der Waals surface area contributed by atoms with E-state index in [1.165, 1.54) is 10.5 Å². The summed E-state index contributed by atoms with van der Waals surface area (Å²) in [5.74, 6) is 0.917. The minimum atomic E-state index is 0.200. The van der Waals surface area contributed by atoms with E-state index < -0.39 is 0 Å². The summed E-state index contributed by atoms with van der Waals surface area (Å²) in [4.78, 5) is 1.27. The Kier molecular flexibility index (Phi) is 6.53. The van der Waals surface area contributed by atoms with Crippen LogP contribution in [0.25, 0.3) is 0 Å². The van der Waals surface area contributed by atoms with Crippen LogP contribution in [-0.2, 0) is 0 Å². The molecule has 2 N–H and O–H groups in total. The Labute approximate surface area is 102 Å². The average molecular weight is 239 g/mol. The van der Waals surface area contributed by atoms with Crippen molar-refractivity contribution in [1.29, 1.82) is 0 Å². The van der Waals surface area contributed by atoms with Crippen LogP contribution >= 0.6 is 11.8 Å². The van der Waals surface area contributed by atoms with Gasteiger partial charge in [0.1, 0.15) is 0 Å². The molecule has 0 radical (unpaired) electrons. The van der Waals surface area contributed by atoms with Gasteiger partial charge < -0.3 is 10.4 Å². The van der Waals surface area contributed by atoms with Crippen LogP contribution in [0, 0.1) is 6.92 Å². The van der Waals surface area contributed by atoms with E-state index in [2.05, 4.69) is 43.4 Å². The van der Waals surface area contributed by atoms with E-state index in [-0.39, 0.29) is 12.6 Å². The molecule has 3 heteroatoms. The zero-order valence-corrected chi connectivity index (χ0v) is 10.9. The van der Waals surface area contributed by atoms with Gasteiger partial charge in [-0.1, -0.05) is 24.6 Å². The highest BCUT2D eigenvalue weighted by molar-refractivity contribution is 7.99. The number of aryl methyl sites for hydroxylation is 1. The highest BCUT2D eigenvalue weighted by atomic mass is 32.2. The van der Waals surface area contributed by atoms with Crippen molar-refractivity contribution in [2.75, 3.05) is 18.9 Å². The van der Waals surface area contributed by atoms with Gasteiger partial charge in [-0.3, -0.25) is 0 Å². The van der Waals surface area contributed by atoms with Crippen molar-refractivity contribution in [2.45, 2.75) is 31.2 Å². The van der Waals surface area contributed by atoms with Gasteiger partial charge in [-0.05, 0) is 32.0 Å². The van der Waals surface area contributed by atoms with Crippen molar-refractivity contribution >= 4 is 11.8 Å². The molecule has 0 saturated carbocycles. The first kappa shape index (κ1) is 13.6. The number of aliphatic hydroxyl groups is 1. The van der Waals surface area contributed by atoms with E-state index >= 15 is 0 Å². The molecule has 1 atom stereocenters. The molecule has 0 heterocycles. The lowest BCUT2D eigenvalue weighted by Crippen LogP contribution is -2.35. The lowest BCUT2D eigenvalue weighted by atomic mass is 10.2. The fourth-order valence-electron chi connectivity index (χ4n) is 1.43. The quantitative estimate of drug-likeness (QED) is 0.717. The second-order valence-corrected chi connectivity index (χ2v) is 5.05. The minimum absolute atomic E-state index is 0.200. The number of nitrogens with one attached hydrogen (secondary N) is 1. The number of rotatable bonds is 7. The second-order valence-electron chi connectivity index (χ2n) is 3.96. The topological polar surface area (TPSA) is 32.3 Å². The summed E-state index contributed by atoms with van der Waals surface area (Å²) in [6, 6.07) is 8.67. The highest BCUT2D eigenvalue weighted by Gasteiger charge is 2.06. The van der Waals surface area contributed by atoms with Crippen molar-refractivity contribution in [1.82, 2.24) is 5.32 Å². The molecule has 0 aliphatic carbocycles. The lowest BCUT2D eigenvalue weighted by molar-refractivity contribution is 0.254. The monoisotopic (exact) mass is 239 g/mol. The van der Waals surface area contributed by atoms with E-state index in [4.69, 9.17) is 0 Å². The predicted octanol–water partition coefficient (Wildman–Crippen LogP) is 2.45. The molecule has 0 aliphatic heterocycles. The van der Waals surface area contributed by atoms with Crippen LogP contribution in [-0.4, -0.2) is 30.1 Å². The van der Waals surface area contributed by atoms with Gasteiger partial charge in [-0.2, -0.15) is 0 Å². The SMILES string of the molecule is CCCNC(CO)CSc1cccc(C)c1. The van der Waals surface area contributed by atoms with Gasteiger partial charge in [-0.15, -0.1) is 11.8 Å². The maximum absolute atomic E-state index is 9.21.